The van der Waals surface area contributed by atoms with Gasteiger partial charge >= 0.3 is 12.1 Å². The predicted molar refractivity (Wildman–Crippen MR) is 54.6 cm³/mol. The number of carbonyl (C=O) groups excluding carboxylic acids is 1. The van der Waals surface area contributed by atoms with Crippen LogP contribution in [0.1, 0.15) is 18.3 Å². The van der Waals surface area contributed by atoms with Crippen LogP contribution >= 0.6 is 11.6 Å². The van der Waals surface area contributed by atoms with Crippen molar-refractivity contribution < 1.29 is 22.7 Å². The number of alkyl halides is 3. The van der Waals surface area contributed by atoms with Crippen molar-refractivity contribution in [2.75, 3.05) is 6.61 Å². The zero-order valence-electron chi connectivity index (χ0n) is 8.84. The fraction of sp³-hybridized carbons (Fsp3) is 0.400. The van der Waals surface area contributed by atoms with Gasteiger partial charge in [-0.25, -0.2) is 4.98 Å². The summed E-state index contributed by atoms with van der Waals surface area (Å²) >= 11 is 5.52. The third-order valence-electron chi connectivity index (χ3n) is 1.76. The topological polar surface area (TPSA) is 39.2 Å². The van der Waals surface area contributed by atoms with E-state index in [-0.39, 0.29) is 23.7 Å². The first-order chi connectivity index (χ1) is 7.82. The van der Waals surface area contributed by atoms with Crippen LogP contribution in [-0.4, -0.2) is 17.6 Å². The van der Waals surface area contributed by atoms with E-state index in [1.54, 1.807) is 6.92 Å². The average molecular weight is 268 g/mol. The summed E-state index contributed by atoms with van der Waals surface area (Å²) in [6.45, 7) is 1.76. The number of carbonyl (C=O) groups is 1. The summed E-state index contributed by atoms with van der Waals surface area (Å²) < 4.78 is 41.8. The lowest BCUT2D eigenvalue weighted by atomic mass is 10.2. The van der Waals surface area contributed by atoms with Crippen LogP contribution in [0, 0.1) is 0 Å². The van der Waals surface area contributed by atoms with Crippen molar-refractivity contribution in [1.29, 1.82) is 0 Å². The van der Waals surface area contributed by atoms with Crippen LogP contribution in [0.3, 0.4) is 0 Å². The van der Waals surface area contributed by atoms with Crippen LogP contribution in [0.2, 0.25) is 5.02 Å². The lowest BCUT2D eigenvalue weighted by molar-refractivity contribution is -0.144. The molecule has 1 aromatic rings. The summed E-state index contributed by atoms with van der Waals surface area (Å²) in [6, 6.07) is 1.91. The monoisotopic (exact) mass is 267 g/mol. The van der Waals surface area contributed by atoms with E-state index in [2.05, 4.69) is 9.72 Å². The number of nitrogens with zero attached hydrogens (tertiary/aromatic N) is 1. The Kier molecular flexibility index (Phi) is 4.34. The standard InChI is InChI=1S/C10H9ClF3NO2/c1-2-17-9(16)5-7-3-6(11)4-8(15-7)10(12,13)14/h3-4H,2,5H2,1H3. The van der Waals surface area contributed by atoms with Gasteiger partial charge in [0.2, 0.25) is 0 Å². The van der Waals surface area contributed by atoms with E-state index in [4.69, 9.17) is 11.6 Å². The van der Waals surface area contributed by atoms with E-state index >= 15 is 0 Å². The van der Waals surface area contributed by atoms with Gasteiger partial charge in [0.15, 0.2) is 0 Å². The van der Waals surface area contributed by atoms with E-state index in [0.29, 0.717) is 6.07 Å². The smallest absolute Gasteiger partial charge is 0.433 e. The first-order valence-electron chi connectivity index (χ1n) is 4.72. The molecule has 0 radical (unpaired) electrons. The molecule has 0 aliphatic carbocycles. The van der Waals surface area contributed by atoms with E-state index < -0.39 is 17.8 Å². The number of aromatic nitrogens is 1. The molecule has 7 heteroatoms. The predicted octanol–water partition coefficient (Wildman–Crippen LogP) is 2.86. The number of hydrogen-bond donors (Lipinski definition) is 0. The summed E-state index contributed by atoms with van der Waals surface area (Å²) in [7, 11) is 0. The number of rotatable bonds is 3. The first-order valence-corrected chi connectivity index (χ1v) is 5.10. The fourth-order valence-electron chi connectivity index (χ4n) is 1.15. The molecule has 0 N–H and O–H groups in total. The highest BCUT2D eigenvalue weighted by Gasteiger charge is 2.33. The van der Waals surface area contributed by atoms with Crippen molar-refractivity contribution in [3.8, 4) is 0 Å². The molecule has 94 valence electrons. The van der Waals surface area contributed by atoms with Gasteiger partial charge in [-0.15, -0.1) is 0 Å². The molecule has 1 heterocycles. The Balaban J connectivity index is 2.94. The summed E-state index contributed by atoms with van der Waals surface area (Å²) in [4.78, 5) is 14.4. The van der Waals surface area contributed by atoms with Gasteiger partial charge < -0.3 is 4.74 Å². The van der Waals surface area contributed by atoms with Gasteiger partial charge in [-0.1, -0.05) is 11.6 Å². The number of pyridine rings is 1. The molecule has 1 aromatic heterocycles. The van der Waals surface area contributed by atoms with E-state index in [0.717, 1.165) is 0 Å². The number of hydrogen-bond acceptors (Lipinski definition) is 3. The van der Waals surface area contributed by atoms with E-state index in [1.165, 1.54) is 6.07 Å². The SMILES string of the molecule is CCOC(=O)Cc1cc(Cl)cc(C(F)(F)F)n1. The third kappa shape index (κ3) is 4.22. The summed E-state index contributed by atoms with van der Waals surface area (Å²) in [5.74, 6) is -0.643. The van der Waals surface area contributed by atoms with Crippen LogP contribution < -0.4 is 0 Å². The summed E-state index contributed by atoms with van der Waals surface area (Å²) in [6.07, 6.45) is -4.92. The van der Waals surface area contributed by atoms with Gasteiger partial charge in [-0.05, 0) is 19.1 Å². The Labute approximate surface area is 101 Å². The molecule has 0 saturated heterocycles. The molecule has 0 aliphatic rings. The molecule has 0 bridgehead atoms. The van der Waals surface area contributed by atoms with Gasteiger partial charge in [0, 0.05) is 5.02 Å². The van der Waals surface area contributed by atoms with E-state index in [1.807, 2.05) is 0 Å². The fourth-order valence-corrected chi connectivity index (χ4v) is 1.38. The second-order valence-corrected chi connectivity index (χ2v) is 3.58. The Bertz CT molecular complexity index is 421. The number of ether oxygens (including phenoxy) is 1. The Morgan fingerprint density at radius 2 is 2.12 bits per heavy atom. The summed E-state index contributed by atoms with van der Waals surface area (Å²) in [5.41, 5.74) is -1.19. The van der Waals surface area contributed by atoms with Crippen LogP contribution in [0.25, 0.3) is 0 Å². The Hall–Kier alpha value is -1.30. The molecule has 1 rings (SSSR count). The second kappa shape index (κ2) is 5.35. The maximum atomic E-state index is 12.4. The lowest BCUT2D eigenvalue weighted by Crippen LogP contribution is -2.13. The third-order valence-corrected chi connectivity index (χ3v) is 1.98. The van der Waals surface area contributed by atoms with Crippen molar-refractivity contribution in [3.63, 3.8) is 0 Å². The minimum Gasteiger partial charge on any atom is -0.466 e. The maximum absolute atomic E-state index is 12.4. The minimum atomic E-state index is -4.59. The first kappa shape index (κ1) is 13.8. The van der Waals surface area contributed by atoms with Crippen LogP contribution in [-0.2, 0) is 22.1 Å². The number of halogens is 4. The molecule has 0 unspecified atom stereocenters. The van der Waals surface area contributed by atoms with E-state index in [9.17, 15) is 18.0 Å². The zero-order valence-corrected chi connectivity index (χ0v) is 9.60. The molecule has 17 heavy (non-hydrogen) atoms. The van der Waals surface area contributed by atoms with Crippen molar-refractivity contribution in [2.24, 2.45) is 0 Å². The molecule has 3 nitrogen and oxygen atoms in total. The molecular weight excluding hydrogens is 259 g/mol. The van der Waals surface area contributed by atoms with Crippen molar-refractivity contribution in [2.45, 2.75) is 19.5 Å². The highest BCUT2D eigenvalue weighted by molar-refractivity contribution is 6.30. The van der Waals surface area contributed by atoms with Gasteiger partial charge in [0.05, 0.1) is 18.7 Å². The quantitative estimate of drug-likeness (QED) is 0.791. The zero-order chi connectivity index (χ0) is 13.1. The molecule has 0 aromatic carbocycles. The molecule has 0 atom stereocenters. The second-order valence-electron chi connectivity index (χ2n) is 3.14. The van der Waals surface area contributed by atoms with Crippen molar-refractivity contribution in [3.05, 3.63) is 28.5 Å². The van der Waals surface area contributed by atoms with Gasteiger partial charge in [0.1, 0.15) is 5.69 Å². The Morgan fingerprint density at radius 3 is 2.65 bits per heavy atom. The lowest BCUT2D eigenvalue weighted by Gasteiger charge is -2.08. The molecule has 0 amide bonds. The van der Waals surface area contributed by atoms with Gasteiger partial charge in [-0.3, -0.25) is 4.79 Å². The highest BCUT2D eigenvalue weighted by Crippen LogP contribution is 2.29. The average Bonchev–Trinajstić information content (AvgIpc) is 2.15. The summed E-state index contributed by atoms with van der Waals surface area (Å²) in [5, 5.41) is -0.119. The van der Waals surface area contributed by atoms with Crippen LogP contribution in [0.15, 0.2) is 12.1 Å². The largest absolute Gasteiger partial charge is 0.466 e. The van der Waals surface area contributed by atoms with Crippen LogP contribution in [0.5, 0.6) is 0 Å². The maximum Gasteiger partial charge on any atom is 0.433 e. The molecule has 0 aliphatic heterocycles. The Morgan fingerprint density at radius 1 is 1.47 bits per heavy atom. The van der Waals surface area contributed by atoms with Gasteiger partial charge in [0.25, 0.3) is 0 Å². The van der Waals surface area contributed by atoms with Gasteiger partial charge in [-0.2, -0.15) is 13.2 Å². The normalized spacial score (nSPS) is 11.4. The van der Waals surface area contributed by atoms with Crippen molar-refractivity contribution in [1.82, 2.24) is 4.98 Å². The molecule has 0 spiro atoms. The van der Waals surface area contributed by atoms with Crippen molar-refractivity contribution >= 4 is 17.6 Å². The number of esters is 1. The van der Waals surface area contributed by atoms with Crippen LogP contribution in [0.4, 0.5) is 13.2 Å². The molecule has 0 fully saturated rings. The molecular formula is C10H9ClF3NO2. The molecule has 0 saturated carbocycles. The minimum absolute atomic E-state index is 0.0664. The highest BCUT2D eigenvalue weighted by atomic mass is 35.5.